The van der Waals surface area contributed by atoms with E-state index in [9.17, 15) is 31.2 Å². The number of nitrogens with zero attached hydrogens (tertiary/aromatic N) is 2. The summed E-state index contributed by atoms with van der Waals surface area (Å²) >= 11 is 0. The molecule has 1 amide bonds. The second-order valence-corrected chi connectivity index (χ2v) is 11.0. The summed E-state index contributed by atoms with van der Waals surface area (Å²) in [7, 11) is -4.13. The van der Waals surface area contributed by atoms with Crippen molar-refractivity contribution in [3.8, 4) is 0 Å². The molecular formula is C20H28F3N5O5S. The van der Waals surface area contributed by atoms with Crippen molar-refractivity contribution in [1.29, 1.82) is 0 Å². The zero-order valence-corrected chi connectivity index (χ0v) is 20.0. The fourth-order valence-electron chi connectivity index (χ4n) is 3.57. The molecule has 1 aromatic rings. The van der Waals surface area contributed by atoms with E-state index >= 15 is 0 Å². The van der Waals surface area contributed by atoms with Gasteiger partial charge >= 0.3 is 12.1 Å². The van der Waals surface area contributed by atoms with E-state index < -0.39 is 67.6 Å². The minimum absolute atomic E-state index is 0.0217. The summed E-state index contributed by atoms with van der Waals surface area (Å²) in [5.41, 5.74) is 12.8. The largest absolute Gasteiger partial charge is 0.460 e. The monoisotopic (exact) mass is 507 g/mol. The molecule has 1 aromatic carbocycles. The first kappa shape index (κ1) is 27.4. The first-order chi connectivity index (χ1) is 15.3. The van der Waals surface area contributed by atoms with Gasteiger partial charge in [0.15, 0.2) is 15.8 Å². The fraction of sp³-hybridized carbons (Fsp3) is 0.550. The molecule has 34 heavy (non-hydrogen) atoms. The number of carbonyl (C=O) groups is 2. The number of halogens is 3. The predicted molar refractivity (Wildman–Crippen MR) is 119 cm³/mol. The van der Waals surface area contributed by atoms with Gasteiger partial charge in [0.05, 0.1) is 33.8 Å². The van der Waals surface area contributed by atoms with Gasteiger partial charge in [-0.3, -0.25) is 9.59 Å². The Hall–Kier alpha value is -2.87. The van der Waals surface area contributed by atoms with Gasteiger partial charge in [-0.15, -0.1) is 0 Å². The van der Waals surface area contributed by atoms with Crippen LogP contribution in [0.5, 0.6) is 0 Å². The molecule has 10 nitrogen and oxygen atoms in total. The Labute approximate surface area is 195 Å². The van der Waals surface area contributed by atoms with Crippen LogP contribution in [0.4, 0.5) is 18.9 Å². The molecule has 0 saturated carbocycles. The number of rotatable bonds is 4. The number of hydrogen-bond acceptors (Lipinski definition) is 7. The Morgan fingerprint density at radius 3 is 2.21 bits per heavy atom. The lowest BCUT2D eigenvalue weighted by Gasteiger charge is -2.39. The molecule has 2 atom stereocenters. The highest BCUT2D eigenvalue weighted by atomic mass is 32.2. The second-order valence-electron chi connectivity index (χ2n) is 8.99. The van der Waals surface area contributed by atoms with Crippen LogP contribution in [0.2, 0.25) is 0 Å². The zero-order chi connectivity index (χ0) is 26.2. The van der Waals surface area contributed by atoms with E-state index in [4.69, 9.17) is 21.9 Å². The van der Waals surface area contributed by atoms with Gasteiger partial charge in [-0.05, 0) is 45.7 Å². The third-order valence-corrected chi connectivity index (χ3v) is 6.09. The molecule has 0 radical (unpaired) electrons. The van der Waals surface area contributed by atoms with E-state index in [0.717, 1.165) is 6.26 Å². The van der Waals surface area contributed by atoms with Gasteiger partial charge < -0.3 is 26.8 Å². The highest BCUT2D eigenvalue weighted by molar-refractivity contribution is 7.90. The number of esters is 1. The Morgan fingerprint density at radius 2 is 1.76 bits per heavy atom. The van der Waals surface area contributed by atoms with Crippen LogP contribution in [0, 0.1) is 5.92 Å². The van der Waals surface area contributed by atoms with Crippen molar-refractivity contribution in [3.63, 3.8) is 0 Å². The quantitative estimate of drug-likeness (QED) is 0.309. The number of benzene rings is 1. The summed E-state index contributed by atoms with van der Waals surface area (Å²) in [5, 5.41) is 0. The Kier molecular flexibility index (Phi) is 7.57. The standard InChI is InChI=1S/C20H28F3N5O5S/c1-19(2,3)33-17(30)10-5-6-28(15(24)7-10)13-9-12(20(21,22)23)11(16(29)27-18(25)26)8-14(13)34(4,31)32/h8-10,15H,5-7,24H2,1-4H3,(H4,25,26,27,29). The first-order valence-electron chi connectivity index (χ1n) is 10.2. The van der Waals surface area contributed by atoms with Gasteiger partial charge in [0.25, 0.3) is 5.91 Å². The summed E-state index contributed by atoms with van der Waals surface area (Å²) in [6.45, 7) is 5.07. The Bertz CT molecular complexity index is 1110. The number of amides is 1. The number of nitrogens with two attached hydrogens (primary N) is 3. The number of anilines is 1. The molecule has 1 aliphatic heterocycles. The molecule has 2 rings (SSSR count). The van der Waals surface area contributed by atoms with Crippen LogP contribution >= 0.6 is 0 Å². The Morgan fingerprint density at radius 1 is 1.18 bits per heavy atom. The molecule has 1 heterocycles. The molecule has 190 valence electrons. The smallest absolute Gasteiger partial charge is 0.417 e. The van der Waals surface area contributed by atoms with Crippen LogP contribution < -0.4 is 22.1 Å². The van der Waals surface area contributed by atoms with Crippen LogP contribution in [0.1, 0.15) is 49.5 Å². The molecular weight excluding hydrogens is 479 g/mol. The lowest BCUT2D eigenvalue weighted by molar-refractivity contribution is -0.161. The summed E-state index contributed by atoms with van der Waals surface area (Å²) < 4.78 is 71.8. The average molecular weight is 508 g/mol. The van der Waals surface area contributed by atoms with E-state index in [1.807, 2.05) is 0 Å². The van der Waals surface area contributed by atoms with Crippen LogP contribution in [0.15, 0.2) is 22.0 Å². The van der Waals surface area contributed by atoms with Crippen LogP contribution in [-0.2, 0) is 25.5 Å². The molecule has 1 saturated heterocycles. The lowest BCUT2D eigenvalue weighted by atomic mass is 9.93. The maximum atomic E-state index is 13.8. The van der Waals surface area contributed by atoms with E-state index in [1.54, 1.807) is 20.8 Å². The predicted octanol–water partition coefficient (Wildman–Crippen LogP) is 1.37. The van der Waals surface area contributed by atoms with Gasteiger partial charge in [0, 0.05) is 12.8 Å². The third kappa shape index (κ3) is 6.59. The van der Waals surface area contributed by atoms with Crippen LogP contribution in [0.25, 0.3) is 0 Å². The fourth-order valence-corrected chi connectivity index (χ4v) is 4.46. The number of piperidine rings is 1. The van der Waals surface area contributed by atoms with Crippen LogP contribution in [-0.4, -0.2) is 50.8 Å². The maximum absolute atomic E-state index is 13.8. The highest BCUT2D eigenvalue weighted by Crippen LogP contribution is 2.40. The normalized spacial score (nSPS) is 19.5. The van der Waals surface area contributed by atoms with Crippen LogP contribution in [0.3, 0.4) is 0 Å². The van der Waals surface area contributed by atoms with Gasteiger partial charge in [0.2, 0.25) is 0 Å². The SMILES string of the molecule is CC(C)(C)OC(=O)C1CCN(c2cc(C(F)(F)F)c(C(=O)N=C(N)N)cc2S(C)(=O)=O)C(N)C1. The number of ether oxygens (including phenoxy) is 1. The zero-order valence-electron chi connectivity index (χ0n) is 19.1. The van der Waals surface area contributed by atoms with E-state index in [0.29, 0.717) is 12.1 Å². The lowest BCUT2D eigenvalue weighted by Crippen LogP contribution is -2.50. The summed E-state index contributed by atoms with van der Waals surface area (Å²) in [6, 6.07) is 1.13. The van der Waals surface area contributed by atoms with Crippen molar-refractivity contribution in [2.75, 3.05) is 17.7 Å². The number of guanidine groups is 1. The van der Waals surface area contributed by atoms with Gasteiger partial charge in [-0.25, -0.2) is 8.42 Å². The molecule has 0 spiro atoms. The van der Waals surface area contributed by atoms with Gasteiger partial charge in [0.1, 0.15) is 5.60 Å². The Balaban J connectivity index is 2.58. The number of alkyl halides is 3. The number of hydrogen-bond donors (Lipinski definition) is 3. The molecule has 1 fully saturated rings. The molecule has 2 unspecified atom stereocenters. The van der Waals surface area contributed by atoms with Crippen molar-refractivity contribution < 1.29 is 35.9 Å². The van der Waals surface area contributed by atoms with Crippen molar-refractivity contribution in [2.45, 2.75) is 56.5 Å². The van der Waals surface area contributed by atoms with Crippen molar-refractivity contribution >= 4 is 33.4 Å². The molecule has 14 heteroatoms. The number of sulfone groups is 1. The highest BCUT2D eigenvalue weighted by Gasteiger charge is 2.40. The maximum Gasteiger partial charge on any atom is 0.417 e. The minimum Gasteiger partial charge on any atom is -0.460 e. The van der Waals surface area contributed by atoms with Crippen molar-refractivity contribution in [1.82, 2.24) is 0 Å². The first-order valence-corrected chi connectivity index (χ1v) is 12.0. The number of aliphatic imine (C=N–C) groups is 1. The summed E-state index contributed by atoms with van der Waals surface area (Å²) in [6.07, 6.45) is -5.05. The molecule has 0 bridgehead atoms. The minimum atomic E-state index is -5.03. The molecule has 1 aliphatic rings. The topological polar surface area (TPSA) is 171 Å². The summed E-state index contributed by atoms with van der Waals surface area (Å²) in [4.78, 5) is 28.5. The van der Waals surface area contributed by atoms with Gasteiger partial charge in [-0.2, -0.15) is 18.2 Å². The molecule has 0 aromatic heterocycles. The van der Waals surface area contributed by atoms with E-state index in [1.165, 1.54) is 4.90 Å². The van der Waals surface area contributed by atoms with Gasteiger partial charge in [-0.1, -0.05) is 0 Å². The van der Waals surface area contributed by atoms with E-state index in [-0.39, 0.29) is 25.1 Å². The van der Waals surface area contributed by atoms with E-state index in [2.05, 4.69) is 4.99 Å². The van der Waals surface area contributed by atoms with Crippen molar-refractivity contribution in [2.24, 2.45) is 28.1 Å². The second kappa shape index (κ2) is 9.41. The van der Waals surface area contributed by atoms with Crippen molar-refractivity contribution in [3.05, 3.63) is 23.3 Å². The average Bonchev–Trinajstić information content (AvgIpc) is 2.63. The molecule has 6 N–H and O–H groups in total. The molecule has 0 aliphatic carbocycles. The third-order valence-electron chi connectivity index (χ3n) is 4.96. The number of carbonyl (C=O) groups excluding carboxylic acids is 2. The summed E-state index contributed by atoms with van der Waals surface area (Å²) in [5.74, 6) is -3.34.